The predicted molar refractivity (Wildman–Crippen MR) is 59.7 cm³/mol. The van der Waals surface area contributed by atoms with Crippen LogP contribution in [0, 0.1) is 0 Å². The van der Waals surface area contributed by atoms with E-state index >= 15 is 0 Å². The minimum atomic E-state index is -0.767. The Hall–Kier alpha value is -1.13. The Morgan fingerprint density at radius 1 is 1.47 bits per heavy atom. The molecule has 0 unspecified atom stereocenters. The van der Waals surface area contributed by atoms with Gasteiger partial charge in [-0.25, -0.2) is 0 Å². The number of likely N-dealkylation sites (N-methyl/N-ethyl adjacent to an activating group) is 1. The molecular formula is C11H18N2O2. The van der Waals surface area contributed by atoms with Gasteiger partial charge in [0.2, 0.25) is 0 Å². The van der Waals surface area contributed by atoms with E-state index in [9.17, 15) is 5.11 Å². The molecule has 0 aromatic carbocycles. The van der Waals surface area contributed by atoms with E-state index in [1.807, 2.05) is 11.9 Å². The van der Waals surface area contributed by atoms with E-state index in [1.54, 1.807) is 32.3 Å². The lowest BCUT2D eigenvalue weighted by molar-refractivity contribution is 0.0885. The van der Waals surface area contributed by atoms with Crippen LogP contribution in [0.4, 0.5) is 5.69 Å². The molecule has 1 aromatic rings. The molecule has 4 heteroatoms. The van der Waals surface area contributed by atoms with Gasteiger partial charge in [-0.2, -0.15) is 0 Å². The first-order chi connectivity index (χ1) is 6.94. The minimum Gasteiger partial charge on any atom is -0.392 e. The normalized spacial score (nSPS) is 11.5. The Morgan fingerprint density at radius 2 is 2.13 bits per heavy atom. The number of nitrogens with zero attached hydrogens (tertiary/aromatic N) is 2. The van der Waals surface area contributed by atoms with Crippen molar-refractivity contribution in [3.63, 3.8) is 0 Å². The maximum Gasteiger partial charge on any atom is 0.0765 e. The van der Waals surface area contributed by atoms with Crippen molar-refractivity contribution in [2.75, 3.05) is 18.5 Å². The molecule has 15 heavy (non-hydrogen) atoms. The molecule has 0 aliphatic carbocycles. The average molecular weight is 210 g/mol. The second-order valence-electron chi connectivity index (χ2n) is 4.33. The van der Waals surface area contributed by atoms with Gasteiger partial charge in [-0.05, 0) is 19.9 Å². The number of hydrogen-bond acceptors (Lipinski definition) is 4. The van der Waals surface area contributed by atoms with Crippen molar-refractivity contribution in [2.24, 2.45) is 0 Å². The summed E-state index contributed by atoms with van der Waals surface area (Å²) in [5.74, 6) is 0. The molecule has 2 N–H and O–H groups in total. The number of aromatic nitrogens is 1. The molecule has 1 rings (SSSR count). The summed E-state index contributed by atoms with van der Waals surface area (Å²) in [6.45, 7) is 3.97. The first kappa shape index (κ1) is 11.9. The molecule has 1 heterocycles. The number of aliphatic hydroxyl groups excluding tert-OH is 1. The van der Waals surface area contributed by atoms with Crippen LogP contribution >= 0.6 is 0 Å². The Kier molecular flexibility index (Phi) is 3.66. The van der Waals surface area contributed by atoms with E-state index in [4.69, 9.17) is 5.11 Å². The van der Waals surface area contributed by atoms with Crippen LogP contribution in [0.1, 0.15) is 19.4 Å². The van der Waals surface area contributed by atoms with E-state index in [-0.39, 0.29) is 6.61 Å². The van der Waals surface area contributed by atoms with Crippen LogP contribution in [-0.4, -0.2) is 34.4 Å². The lowest BCUT2D eigenvalue weighted by atomic mass is 10.1. The van der Waals surface area contributed by atoms with Crippen molar-refractivity contribution < 1.29 is 10.2 Å². The Morgan fingerprint density at radius 3 is 2.67 bits per heavy atom. The summed E-state index contributed by atoms with van der Waals surface area (Å²) in [5, 5.41) is 18.8. The fourth-order valence-corrected chi connectivity index (χ4v) is 1.56. The molecule has 0 spiro atoms. The van der Waals surface area contributed by atoms with E-state index in [1.165, 1.54) is 0 Å². The van der Waals surface area contributed by atoms with Gasteiger partial charge in [-0.1, -0.05) is 0 Å². The molecule has 0 aliphatic heterocycles. The molecule has 0 amide bonds. The third-order valence-electron chi connectivity index (χ3n) is 2.09. The van der Waals surface area contributed by atoms with Crippen molar-refractivity contribution >= 4 is 5.69 Å². The maximum atomic E-state index is 9.69. The molecular weight excluding hydrogens is 192 g/mol. The van der Waals surface area contributed by atoms with Gasteiger partial charge in [0.15, 0.2) is 0 Å². The summed E-state index contributed by atoms with van der Waals surface area (Å²) in [7, 11) is 1.87. The van der Waals surface area contributed by atoms with Crippen LogP contribution < -0.4 is 4.90 Å². The van der Waals surface area contributed by atoms with Crippen LogP contribution in [0.5, 0.6) is 0 Å². The average Bonchev–Trinajstić information content (AvgIpc) is 2.15. The first-order valence-electron chi connectivity index (χ1n) is 4.91. The van der Waals surface area contributed by atoms with Gasteiger partial charge in [0.25, 0.3) is 0 Å². The lowest BCUT2D eigenvalue weighted by Gasteiger charge is -2.28. The quantitative estimate of drug-likeness (QED) is 0.771. The van der Waals surface area contributed by atoms with Gasteiger partial charge in [0.1, 0.15) is 0 Å². The topological polar surface area (TPSA) is 56.6 Å². The monoisotopic (exact) mass is 210 g/mol. The van der Waals surface area contributed by atoms with Crippen molar-refractivity contribution in [3.05, 3.63) is 24.0 Å². The van der Waals surface area contributed by atoms with E-state index < -0.39 is 5.60 Å². The third kappa shape index (κ3) is 3.49. The van der Waals surface area contributed by atoms with Gasteiger partial charge in [-0.3, -0.25) is 4.98 Å². The highest BCUT2D eigenvalue weighted by atomic mass is 16.3. The van der Waals surface area contributed by atoms with E-state index in [0.29, 0.717) is 6.54 Å². The van der Waals surface area contributed by atoms with Crippen molar-refractivity contribution in [1.82, 2.24) is 4.98 Å². The summed E-state index contributed by atoms with van der Waals surface area (Å²) in [5.41, 5.74) is 0.899. The van der Waals surface area contributed by atoms with Crippen LogP contribution in [-0.2, 0) is 6.61 Å². The number of anilines is 1. The zero-order valence-electron chi connectivity index (χ0n) is 9.44. The first-order valence-corrected chi connectivity index (χ1v) is 4.91. The predicted octanol–water partition coefficient (Wildman–Crippen LogP) is 0.781. The fraction of sp³-hybridized carbons (Fsp3) is 0.545. The Balaban J connectivity index is 2.86. The molecule has 0 bridgehead atoms. The highest BCUT2D eigenvalue weighted by molar-refractivity contribution is 5.50. The highest BCUT2D eigenvalue weighted by Gasteiger charge is 2.17. The lowest BCUT2D eigenvalue weighted by Crippen LogP contribution is -2.36. The Labute approximate surface area is 90.2 Å². The number of aliphatic hydroxyl groups is 2. The van der Waals surface area contributed by atoms with Gasteiger partial charge >= 0.3 is 0 Å². The standard InChI is InChI=1S/C11H18N2O2/c1-11(2,15)8-13(3)10-6-12-5-4-9(10)7-14/h4-6,14-15H,7-8H2,1-3H3. The zero-order chi connectivity index (χ0) is 11.5. The summed E-state index contributed by atoms with van der Waals surface area (Å²) in [6, 6.07) is 1.77. The van der Waals surface area contributed by atoms with Gasteiger partial charge in [-0.15, -0.1) is 0 Å². The summed E-state index contributed by atoms with van der Waals surface area (Å²) < 4.78 is 0. The largest absolute Gasteiger partial charge is 0.392 e. The summed E-state index contributed by atoms with van der Waals surface area (Å²) in [4.78, 5) is 5.90. The van der Waals surface area contributed by atoms with Crippen LogP contribution in [0.3, 0.4) is 0 Å². The van der Waals surface area contributed by atoms with Gasteiger partial charge in [0, 0.05) is 25.4 Å². The van der Waals surface area contributed by atoms with E-state index in [0.717, 1.165) is 11.3 Å². The minimum absolute atomic E-state index is 0.0198. The smallest absolute Gasteiger partial charge is 0.0765 e. The van der Waals surface area contributed by atoms with Crippen molar-refractivity contribution in [1.29, 1.82) is 0 Å². The van der Waals surface area contributed by atoms with E-state index in [2.05, 4.69) is 4.98 Å². The van der Waals surface area contributed by atoms with Gasteiger partial charge < -0.3 is 15.1 Å². The van der Waals surface area contributed by atoms with Crippen LogP contribution in [0.15, 0.2) is 18.5 Å². The molecule has 84 valence electrons. The maximum absolute atomic E-state index is 9.69. The number of rotatable bonds is 4. The van der Waals surface area contributed by atoms with Crippen LogP contribution in [0.2, 0.25) is 0 Å². The molecule has 0 radical (unpaired) electrons. The Bertz CT molecular complexity index is 321. The van der Waals surface area contributed by atoms with Crippen molar-refractivity contribution in [3.8, 4) is 0 Å². The molecule has 0 aliphatic rings. The highest BCUT2D eigenvalue weighted by Crippen LogP contribution is 2.19. The number of hydrogen-bond donors (Lipinski definition) is 2. The molecule has 0 saturated carbocycles. The van der Waals surface area contributed by atoms with Crippen LogP contribution in [0.25, 0.3) is 0 Å². The zero-order valence-corrected chi connectivity index (χ0v) is 9.44. The SMILES string of the molecule is CN(CC(C)(C)O)c1cnccc1CO. The summed E-state index contributed by atoms with van der Waals surface area (Å²) in [6.07, 6.45) is 3.34. The molecule has 0 saturated heterocycles. The molecule has 0 fully saturated rings. The van der Waals surface area contributed by atoms with Gasteiger partial charge in [0.05, 0.1) is 24.1 Å². The third-order valence-corrected chi connectivity index (χ3v) is 2.09. The number of pyridine rings is 1. The fourth-order valence-electron chi connectivity index (χ4n) is 1.56. The summed E-state index contributed by atoms with van der Waals surface area (Å²) >= 11 is 0. The molecule has 0 atom stereocenters. The molecule has 4 nitrogen and oxygen atoms in total. The van der Waals surface area contributed by atoms with Crippen molar-refractivity contribution in [2.45, 2.75) is 26.1 Å². The second-order valence-corrected chi connectivity index (χ2v) is 4.33. The second kappa shape index (κ2) is 4.59. The molecule has 1 aromatic heterocycles.